The molecule has 1 aliphatic rings. The maximum Gasteiger partial charge on any atom is 0.235 e. The Kier molecular flexibility index (Phi) is 4.39. The monoisotopic (exact) mass is 311 g/mol. The van der Waals surface area contributed by atoms with E-state index in [1.165, 1.54) is 12.5 Å². The number of isocyanates is 1. The number of hydrogen-bond donors (Lipinski definition) is 0. The summed E-state index contributed by atoms with van der Waals surface area (Å²) in [5.74, 6) is 1.40. The van der Waals surface area contributed by atoms with Gasteiger partial charge in [0.05, 0.1) is 19.8 Å². The summed E-state index contributed by atoms with van der Waals surface area (Å²) >= 11 is 3.42. The van der Waals surface area contributed by atoms with Crippen LogP contribution in [-0.2, 0) is 11.3 Å². The average molecular weight is 312 g/mol. The number of nitrogens with zero attached hydrogens (tertiary/aromatic N) is 1. The first-order valence-electron chi connectivity index (χ1n) is 5.81. The normalized spacial score (nSPS) is 14.6. The van der Waals surface area contributed by atoms with Gasteiger partial charge in [-0.2, -0.15) is 0 Å². The van der Waals surface area contributed by atoms with E-state index in [9.17, 15) is 4.79 Å². The molecule has 4 nitrogen and oxygen atoms in total. The van der Waals surface area contributed by atoms with Crippen molar-refractivity contribution in [3.05, 3.63) is 22.2 Å². The molecule has 0 atom stereocenters. The number of hydrogen-bond acceptors (Lipinski definition) is 4. The van der Waals surface area contributed by atoms with E-state index in [0.717, 1.165) is 22.9 Å². The third-order valence-corrected chi connectivity index (χ3v) is 3.73. The molecular weight excluding hydrogens is 298 g/mol. The summed E-state index contributed by atoms with van der Waals surface area (Å²) in [5.41, 5.74) is 0.883. The minimum Gasteiger partial charge on any atom is -0.493 e. The fourth-order valence-electron chi connectivity index (χ4n) is 1.74. The lowest BCUT2D eigenvalue weighted by molar-refractivity contribution is 0.116. The molecule has 1 aromatic carbocycles. The van der Waals surface area contributed by atoms with E-state index in [-0.39, 0.29) is 12.6 Å². The van der Waals surface area contributed by atoms with Crippen molar-refractivity contribution in [3.63, 3.8) is 0 Å². The standard InChI is InChI=1S/C13H14BrNO3/c1-17-12-6-11(14)9(7-15-8-16)5-13(12)18-10-3-2-4-10/h5-6,10H,2-4,7H2,1H3. The zero-order valence-corrected chi connectivity index (χ0v) is 11.7. The fourth-order valence-corrected chi connectivity index (χ4v) is 2.18. The quantitative estimate of drug-likeness (QED) is 0.619. The van der Waals surface area contributed by atoms with Gasteiger partial charge in [0.2, 0.25) is 6.08 Å². The Morgan fingerprint density at radius 1 is 1.44 bits per heavy atom. The number of carbonyl (C=O) groups excluding carboxylic acids is 1. The van der Waals surface area contributed by atoms with Gasteiger partial charge in [0.15, 0.2) is 11.5 Å². The van der Waals surface area contributed by atoms with Crippen LogP contribution < -0.4 is 9.47 Å². The van der Waals surface area contributed by atoms with Crippen LogP contribution in [0.2, 0.25) is 0 Å². The lowest BCUT2D eigenvalue weighted by atomic mass is 9.96. The molecule has 18 heavy (non-hydrogen) atoms. The van der Waals surface area contributed by atoms with E-state index in [4.69, 9.17) is 9.47 Å². The van der Waals surface area contributed by atoms with Gasteiger partial charge in [-0.15, -0.1) is 0 Å². The molecule has 1 fully saturated rings. The van der Waals surface area contributed by atoms with E-state index >= 15 is 0 Å². The second-order valence-electron chi connectivity index (χ2n) is 4.17. The Bertz CT molecular complexity index is 479. The molecule has 5 heteroatoms. The fraction of sp³-hybridized carbons (Fsp3) is 0.462. The van der Waals surface area contributed by atoms with Gasteiger partial charge < -0.3 is 9.47 Å². The van der Waals surface area contributed by atoms with Crippen LogP contribution in [0.15, 0.2) is 21.6 Å². The summed E-state index contributed by atoms with van der Waals surface area (Å²) in [6, 6.07) is 3.70. The molecule has 2 rings (SSSR count). The van der Waals surface area contributed by atoms with Gasteiger partial charge in [0.1, 0.15) is 0 Å². The zero-order chi connectivity index (χ0) is 13.0. The lowest BCUT2D eigenvalue weighted by Crippen LogP contribution is -2.24. The predicted octanol–water partition coefficient (Wildman–Crippen LogP) is 3.22. The van der Waals surface area contributed by atoms with Crippen molar-refractivity contribution >= 4 is 22.0 Å². The molecule has 0 saturated heterocycles. The van der Waals surface area contributed by atoms with Gasteiger partial charge in [-0.25, -0.2) is 9.79 Å². The molecule has 1 aromatic rings. The topological polar surface area (TPSA) is 47.9 Å². The van der Waals surface area contributed by atoms with Gasteiger partial charge >= 0.3 is 0 Å². The number of ether oxygens (including phenoxy) is 2. The first-order valence-corrected chi connectivity index (χ1v) is 6.60. The molecule has 0 amide bonds. The molecule has 1 saturated carbocycles. The SMILES string of the molecule is COc1cc(Br)c(CN=C=O)cc1OC1CCC1. The van der Waals surface area contributed by atoms with Crippen molar-refractivity contribution in [2.24, 2.45) is 4.99 Å². The Morgan fingerprint density at radius 3 is 2.78 bits per heavy atom. The number of aliphatic imine (C=N–C) groups is 1. The van der Waals surface area contributed by atoms with E-state index in [1.807, 2.05) is 12.1 Å². The van der Waals surface area contributed by atoms with E-state index in [1.54, 1.807) is 7.11 Å². The van der Waals surface area contributed by atoms with Crippen LogP contribution in [0, 0.1) is 0 Å². The summed E-state index contributed by atoms with van der Waals surface area (Å²) in [6.07, 6.45) is 5.20. The summed E-state index contributed by atoms with van der Waals surface area (Å²) in [4.78, 5) is 13.7. The summed E-state index contributed by atoms with van der Waals surface area (Å²) in [6.45, 7) is 0.287. The van der Waals surface area contributed by atoms with E-state index < -0.39 is 0 Å². The van der Waals surface area contributed by atoms with Crippen LogP contribution in [0.4, 0.5) is 0 Å². The molecule has 1 aliphatic carbocycles. The van der Waals surface area contributed by atoms with Crippen molar-refractivity contribution in [2.45, 2.75) is 31.9 Å². The lowest BCUT2D eigenvalue weighted by Gasteiger charge is -2.27. The van der Waals surface area contributed by atoms with Gasteiger partial charge in [-0.05, 0) is 37.0 Å². The molecular formula is C13H14BrNO3. The predicted molar refractivity (Wildman–Crippen MR) is 70.8 cm³/mol. The summed E-state index contributed by atoms with van der Waals surface area (Å²) in [5, 5.41) is 0. The molecule has 0 radical (unpaired) electrons. The van der Waals surface area contributed by atoms with Gasteiger partial charge in [0.25, 0.3) is 0 Å². The van der Waals surface area contributed by atoms with Crippen LogP contribution in [-0.4, -0.2) is 19.3 Å². The minimum atomic E-state index is 0.280. The molecule has 0 heterocycles. The first kappa shape index (κ1) is 13.1. The third-order valence-electron chi connectivity index (χ3n) is 2.99. The Balaban J connectivity index is 2.25. The van der Waals surface area contributed by atoms with Gasteiger partial charge in [-0.3, -0.25) is 0 Å². The van der Waals surface area contributed by atoms with E-state index in [2.05, 4.69) is 20.9 Å². The van der Waals surface area contributed by atoms with Crippen LogP contribution in [0.3, 0.4) is 0 Å². The number of rotatable bonds is 5. The van der Waals surface area contributed by atoms with Gasteiger partial charge in [-0.1, -0.05) is 15.9 Å². The van der Waals surface area contributed by atoms with Crippen molar-refractivity contribution in [1.82, 2.24) is 0 Å². The molecule has 0 unspecified atom stereocenters. The highest BCUT2D eigenvalue weighted by atomic mass is 79.9. The number of benzene rings is 1. The number of methoxy groups -OCH3 is 1. The summed E-state index contributed by atoms with van der Waals surface area (Å²) in [7, 11) is 1.61. The zero-order valence-electron chi connectivity index (χ0n) is 10.1. The van der Waals surface area contributed by atoms with Crippen LogP contribution >= 0.6 is 15.9 Å². The van der Waals surface area contributed by atoms with Crippen LogP contribution in [0.25, 0.3) is 0 Å². The Hall–Kier alpha value is -1.32. The van der Waals surface area contributed by atoms with Crippen molar-refractivity contribution in [3.8, 4) is 11.5 Å². The minimum absolute atomic E-state index is 0.280. The average Bonchev–Trinajstić information content (AvgIpc) is 2.33. The highest BCUT2D eigenvalue weighted by molar-refractivity contribution is 9.10. The molecule has 0 N–H and O–H groups in total. The number of halogens is 1. The Morgan fingerprint density at radius 2 is 2.22 bits per heavy atom. The molecule has 0 bridgehead atoms. The molecule has 0 aliphatic heterocycles. The molecule has 96 valence electrons. The van der Waals surface area contributed by atoms with Crippen molar-refractivity contribution in [1.29, 1.82) is 0 Å². The second kappa shape index (κ2) is 6.03. The first-order chi connectivity index (χ1) is 8.74. The van der Waals surface area contributed by atoms with Crippen molar-refractivity contribution in [2.75, 3.05) is 7.11 Å². The summed E-state index contributed by atoms with van der Waals surface area (Å²) < 4.78 is 12.0. The smallest absolute Gasteiger partial charge is 0.235 e. The second-order valence-corrected chi connectivity index (χ2v) is 5.03. The van der Waals surface area contributed by atoms with Crippen LogP contribution in [0.5, 0.6) is 11.5 Å². The maximum absolute atomic E-state index is 10.2. The molecule has 0 aromatic heterocycles. The van der Waals surface area contributed by atoms with Crippen molar-refractivity contribution < 1.29 is 14.3 Å². The highest BCUT2D eigenvalue weighted by Crippen LogP contribution is 2.36. The van der Waals surface area contributed by atoms with Crippen LogP contribution in [0.1, 0.15) is 24.8 Å². The Labute approximate surface area is 114 Å². The third kappa shape index (κ3) is 2.92. The van der Waals surface area contributed by atoms with Gasteiger partial charge in [0, 0.05) is 4.47 Å². The highest BCUT2D eigenvalue weighted by Gasteiger charge is 2.21. The largest absolute Gasteiger partial charge is 0.493 e. The van der Waals surface area contributed by atoms with E-state index in [0.29, 0.717) is 11.5 Å². The molecule has 0 spiro atoms. The maximum atomic E-state index is 10.2.